The van der Waals surface area contributed by atoms with Crippen LogP contribution in [-0.4, -0.2) is 15.1 Å². The fraction of sp³-hybridized carbons (Fsp3) is 0.125. The molecule has 0 aliphatic rings. The van der Waals surface area contributed by atoms with Crippen molar-refractivity contribution < 1.29 is 4.52 Å². The third-order valence-corrected chi connectivity index (χ3v) is 1.86. The summed E-state index contributed by atoms with van der Waals surface area (Å²) in [5.41, 5.74) is 0.784. The lowest BCUT2D eigenvalue weighted by atomic mass is 10.4. The van der Waals surface area contributed by atoms with Crippen molar-refractivity contribution in [3.8, 4) is 0 Å². The average Bonchev–Trinajstić information content (AvgIpc) is 2.69. The molecule has 0 aromatic carbocycles. The van der Waals surface area contributed by atoms with E-state index in [0.717, 1.165) is 5.69 Å². The second-order valence-corrected chi connectivity index (χ2v) is 2.90. The Morgan fingerprint density at radius 3 is 2.93 bits per heavy atom. The molecule has 0 radical (unpaired) electrons. The van der Waals surface area contributed by atoms with Gasteiger partial charge in [0.15, 0.2) is 11.0 Å². The molecule has 0 fully saturated rings. The van der Waals surface area contributed by atoms with Crippen molar-refractivity contribution in [1.82, 2.24) is 15.1 Å². The lowest BCUT2D eigenvalue weighted by Gasteiger charge is -2.02. The van der Waals surface area contributed by atoms with Gasteiger partial charge in [0.2, 0.25) is 0 Å². The van der Waals surface area contributed by atoms with Crippen molar-refractivity contribution in [3.05, 3.63) is 35.6 Å². The van der Waals surface area contributed by atoms with Crippen LogP contribution in [0.3, 0.4) is 0 Å². The first-order valence-electron chi connectivity index (χ1n) is 3.96. The van der Waals surface area contributed by atoms with Crippen LogP contribution in [0.25, 0.3) is 0 Å². The van der Waals surface area contributed by atoms with Gasteiger partial charge in [-0.15, -0.1) is 0 Å². The number of aromatic nitrogens is 3. The molecule has 72 valence electrons. The fourth-order valence-electron chi connectivity index (χ4n) is 0.943. The number of hydrogen-bond donors (Lipinski definition) is 1. The monoisotopic (exact) mass is 210 g/mol. The van der Waals surface area contributed by atoms with E-state index in [1.807, 2.05) is 0 Å². The zero-order chi connectivity index (χ0) is 9.80. The van der Waals surface area contributed by atoms with Crippen LogP contribution in [0, 0.1) is 0 Å². The number of hydrogen-bond acceptors (Lipinski definition) is 5. The molecule has 0 bridgehead atoms. The van der Waals surface area contributed by atoms with E-state index in [1.165, 1.54) is 12.5 Å². The molecule has 2 aromatic rings. The molecule has 2 aromatic heterocycles. The van der Waals surface area contributed by atoms with Crippen LogP contribution in [-0.2, 0) is 6.54 Å². The minimum Gasteiger partial charge on any atom is -0.364 e. The third-order valence-electron chi connectivity index (χ3n) is 1.58. The van der Waals surface area contributed by atoms with Crippen molar-refractivity contribution in [2.75, 3.05) is 5.32 Å². The molecular formula is C8H7ClN4O. The maximum atomic E-state index is 5.78. The highest BCUT2D eigenvalue weighted by molar-refractivity contribution is 6.31. The number of halogens is 1. The highest BCUT2D eigenvalue weighted by Crippen LogP contribution is 2.14. The van der Waals surface area contributed by atoms with Crippen LogP contribution in [0.1, 0.15) is 5.69 Å². The summed E-state index contributed by atoms with van der Waals surface area (Å²) in [4.78, 5) is 7.89. The molecule has 0 spiro atoms. The van der Waals surface area contributed by atoms with Gasteiger partial charge in [-0.25, -0.2) is 9.97 Å². The van der Waals surface area contributed by atoms with E-state index >= 15 is 0 Å². The smallest absolute Gasteiger partial charge is 0.171 e. The number of anilines is 1. The van der Waals surface area contributed by atoms with E-state index < -0.39 is 0 Å². The molecule has 0 unspecified atom stereocenters. The van der Waals surface area contributed by atoms with E-state index in [4.69, 9.17) is 11.6 Å². The van der Waals surface area contributed by atoms with Gasteiger partial charge in [-0.1, -0.05) is 16.8 Å². The summed E-state index contributed by atoms with van der Waals surface area (Å²) in [6.45, 7) is 0.509. The van der Waals surface area contributed by atoms with Crippen LogP contribution >= 0.6 is 11.6 Å². The summed E-state index contributed by atoms with van der Waals surface area (Å²) in [5, 5.41) is 7.06. The van der Waals surface area contributed by atoms with E-state index in [1.54, 1.807) is 12.3 Å². The summed E-state index contributed by atoms with van der Waals surface area (Å²) in [6, 6.07) is 1.76. The zero-order valence-electron chi connectivity index (χ0n) is 7.14. The summed E-state index contributed by atoms with van der Waals surface area (Å²) < 4.78 is 4.67. The van der Waals surface area contributed by atoms with Gasteiger partial charge in [-0.3, -0.25) is 0 Å². The lowest BCUT2D eigenvalue weighted by molar-refractivity contribution is 0.412. The third kappa shape index (κ3) is 2.00. The number of nitrogens with zero attached hydrogens (tertiary/aromatic N) is 3. The molecule has 0 aliphatic heterocycles. The van der Waals surface area contributed by atoms with Crippen LogP contribution < -0.4 is 5.32 Å². The zero-order valence-corrected chi connectivity index (χ0v) is 7.90. The van der Waals surface area contributed by atoms with Gasteiger partial charge >= 0.3 is 0 Å². The molecule has 14 heavy (non-hydrogen) atoms. The van der Waals surface area contributed by atoms with Crippen LogP contribution in [0.15, 0.2) is 29.2 Å². The molecule has 0 saturated heterocycles. The average molecular weight is 211 g/mol. The SMILES string of the molecule is Clc1nccnc1NCc1ccon1. The van der Waals surface area contributed by atoms with E-state index in [-0.39, 0.29) is 0 Å². The molecular weight excluding hydrogens is 204 g/mol. The molecule has 0 atom stereocenters. The second-order valence-electron chi connectivity index (χ2n) is 2.54. The van der Waals surface area contributed by atoms with Crippen molar-refractivity contribution >= 4 is 17.4 Å². The standard InChI is InChI=1S/C8H7ClN4O/c9-7-8(11-3-2-10-7)12-5-6-1-4-14-13-6/h1-4H,5H2,(H,11,12). The molecule has 0 saturated carbocycles. The molecule has 1 N–H and O–H groups in total. The Morgan fingerprint density at radius 2 is 2.21 bits per heavy atom. The number of rotatable bonds is 3. The predicted octanol–water partition coefficient (Wildman–Crippen LogP) is 1.73. The normalized spacial score (nSPS) is 10.1. The van der Waals surface area contributed by atoms with Crippen LogP contribution in [0.4, 0.5) is 5.82 Å². The highest BCUT2D eigenvalue weighted by Gasteiger charge is 2.02. The first-order chi connectivity index (χ1) is 6.86. The largest absolute Gasteiger partial charge is 0.364 e. The van der Waals surface area contributed by atoms with Gasteiger partial charge in [-0.05, 0) is 0 Å². The van der Waals surface area contributed by atoms with E-state index in [9.17, 15) is 0 Å². The van der Waals surface area contributed by atoms with Gasteiger partial charge < -0.3 is 9.84 Å². The van der Waals surface area contributed by atoms with Gasteiger partial charge in [0.25, 0.3) is 0 Å². The molecule has 2 heterocycles. The molecule has 6 heteroatoms. The Bertz CT molecular complexity index is 403. The van der Waals surface area contributed by atoms with Crippen molar-refractivity contribution in [2.45, 2.75) is 6.54 Å². The van der Waals surface area contributed by atoms with Gasteiger partial charge in [0.1, 0.15) is 12.0 Å². The molecule has 5 nitrogen and oxygen atoms in total. The summed E-state index contributed by atoms with van der Waals surface area (Å²) in [5.74, 6) is 0.539. The molecule has 2 rings (SSSR count). The summed E-state index contributed by atoms with van der Waals surface area (Å²) >= 11 is 5.78. The quantitative estimate of drug-likeness (QED) is 0.836. The molecule has 0 amide bonds. The summed E-state index contributed by atoms with van der Waals surface area (Å²) in [7, 11) is 0. The lowest BCUT2D eigenvalue weighted by Crippen LogP contribution is -2.02. The Labute approximate surface area is 85.1 Å². The maximum Gasteiger partial charge on any atom is 0.171 e. The van der Waals surface area contributed by atoms with Gasteiger partial charge in [-0.2, -0.15) is 0 Å². The van der Waals surface area contributed by atoms with E-state index in [2.05, 4.69) is 25.0 Å². The van der Waals surface area contributed by atoms with Crippen LogP contribution in [0.5, 0.6) is 0 Å². The van der Waals surface area contributed by atoms with Crippen LogP contribution in [0.2, 0.25) is 5.15 Å². The first kappa shape index (κ1) is 8.96. The van der Waals surface area contributed by atoms with Crippen molar-refractivity contribution in [3.63, 3.8) is 0 Å². The Hall–Kier alpha value is -1.62. The minimum atomic E-state index is 0.344. The maximum absolute atomic E-state index is 5.78. The fourth-order valence-corrected chi connectivity index (χ4v) is 1.11. The Morgan fingerprint density at radius 1 is 1.36 bits per heavy atom. The minimum absolute atomic E-state index is 0.344. The van der Waals surface area contributed by atoms with E-state index in [0.29, 0.717) is 17.5 Å². The van der Waals surface area contributed by atoms with Gasteiger partial charge in [0, 0.05) is 18.5 Å². The second kappa shape index (κ2) is 4.06. The molecule has 0 aliphatic carbocycles. The number of nitrogens with one attached hydrogen (secondary N) is 1. The topological polar surface area (TPSA) is 63.8 Å². The first-order valence-corrected chi connectivity index (χ1v) is 4.33. The highest BCUT2D eigenvalue weighted by atomic mass is 35.5. The van der Waals surface area contributed by atoms with Gasteiger partial charge in [0.05, 0.1) is 6.54 Å². The van der Waals surface area contributed by atoms with Crippen molar-refractivity contribution in [2.24, 2.45) is 0 Å². The summed E-state index contributed by atoms with van der Waals surface area (Å²) in [6.07, 6.45) is 4.61. The van der Waals surface area contributed by atoms with Crippen molar-refractivity contribution in [1.29, 1.82) is 0 Å². The Balaban J connectivity index is 2.02. The Kier molecular flexibility index (Phi) is 2.60. The predicted molar refractivity (Wildman–Crippen MR) is 50.9 cm³/mol.